The molecule has 1 fully saturated rings. The lowest BCUT2D eigenvalue weighted by molar-refractivity contribution is -0.0494. The molecular formula is C17H30F3IN6O2S. The van der Waals surface area contributed by atoms with E-state index in [1.807, 2.05) is 24.6 Å². The predicted octanol–water partition coefficient (Wildman–Crippen LogP) is 2.23. The quantitative estimate of drug-likeness (QED) is 0.313. The summed E-state index contributed by atoms with van der Waals surface area (Å²) in [5, 5.41) is 10.8. The first-order valence-electron chi connectivity index (χ1n) is 9.48. The number of hydrogen-bond acceptors (Lipinski definition) is 4. The van der Waals surface area contributed by atoms with Crippen molar-refractivity contribution in [3.05, 3.63) is 17.5 Å². The summed E-state index contributed by atoms with van der Waals surface area (Å²) in [6, 6.07) is 1.87. The van der Waals surface area contributed by atoms with Crippen molar-refractivity contribution in [2.45, 2.75) is 51.7 Å². The SMILES string of the molecule is CN=C(NCC(C)Cn1nc(C)cc1C)NC1CCN(S(=O)(=O)C(F)(F)F)CC1.I. The topological polar surface area (TPSA) is 91.6 Å². The van der Waals surface area contributed by atoms with Gasteiger partial charge in [0.25, 0.3) is 0 Å². The molecule has 0 spiro atoms. The lowest BCUT2D eigenvalue weighted by Gasteiger charge is -2.32. The number of aromatic nitrogens is 2. The molecule has 1 atom stereocenters. The number of rotatable bonds is 6. The minimum Gasteiger partial charge on any atom is -0.356 e. The third-order valence-corrected chi connectivity index (χ3v) is 6.49. The van der Waals surface area contributed by atoms with Crippen molar-refractivity contribution in [2.75, 3.05) is 26.7 Å². The summed E-state index contributed by atoms with van der Waals surface area (Å²) in [6.45, 7) is 7.07. The van der Waals surface area contributed by atoms with Gasteiger partial charge in [-0.15, -0.1) is 24.0 Å². The maximum absolute atomic E-state index is 12.7. The summed E-state index contributed by atoms with van der Waals surface area (Å²) >= 11 is 0. The fourth-order valence-electron chi connectivity index (χ4n) is 3.27. The molecule has 2 heterocycles. The third-order valence-electron chi connectivity index (χ3n) is 4.86. The monoisotopic (exact) mass is 566 g/mol. The number of hydrogen-bond donors (Lipinski definition) is 2. The summed E-state index contributed by atoms with van der Waals surface area (Å²) in [4.78, 5) is 4.15. The van der Waals surface area contributed by atoms with Crippen molar-refractivity contribution in [3.63, 3.8) is 0 Å². The standard InChI is InChI=1S/C17H29F3N6O2S.HI/c1-12(11-26-14(3)9-13(2)24-26)10-22-16(21-4)23-15-5-7-25(8-6-15)29(27,28)17(18,19)20;/h9,12,15H,5-8,10-11H2,1-4H3,(H2,21,22,23);1H. The summed E-state index contributed by atoms with van der Waals surface area (Å²) < 4.78 is 63.4. The second-order valence-electron chi connectivity index (χ2n) is 7.44. The molecule has 8 nitrogen and oxygen atoms in total. The first kappa shape index (κ1) is 26.9. The number of alkyl halides is 3. The fourth-order valence-corrected chi connectivity index (χ4v) is 4.25. The average molecular weight is 566 g/mol. The molecule has 1 aliphatic heterocycles. The van der Waals surface area contributed by atoms with Crippen molar-refractivity contribution in [2.24, 2.45) is 10.9 Å². The third kappa shape index (κ3) is 6.97. The van der Waals surface area contributed by atoms with Crippen LogP contribution in [0.3, 0.4) is 0 Å². The predicted molar refractivity (Wildman–Crippen MR) is 120 cm³/mol. The van der Waals surface area contributed by atoms with E-state index in [1.165, 1.54) is 0 Å². The second-order valence-corrected chi connectivity index (χ2v) is 9.37. The molecule has 2 N–H and O–H groups in total. The number of guanidine groups is 1. The van der Waals surface area contributed by atoms with Crippen LogP contribution < -0.4 is 10.6 Å². The number of sulfonamides is 1. The highest BCUT2D eigenvalue weighted by atomic mass is 127. The number of piperidine rings is 1. The minimum absolute atomic E-state index is 0. The lowest BCUT2D eigenvalue weighted by Crippen LogP contribution is -2.52. The van der Waals surface area contributed by atoms with Gasteiger partial charge in [-0.2, -0.15) is 22.6 Å². The van der Waals surface area contributed by atoms with Gasteiger partial charge in [0.1, 0.15) is 0 Å². The lowest BCUT2D eigenvalue weighted by atomic mass is 10.1. The van der Waals surface area contributed by atoms with Crippen LogP contribution in [0.4, 0.5) is 13.2 Å². The van der Waals surface area contributed by atoms with Gasteiger partial charge < -0.3 is 10.6 Å². The molecule has 0 amide bonds. The van der Waals surface area contributed by atoms with Crippen LogP contribution in [0, 0.1) is 19.8 Å². The van der Waals surface area contributed by atoms with Gasteiger partial charge in [-0.3, -0.25) is 9.67 Å². The van der Waals surface area contributed by atoms with Crippen LogP contribution in [0.2, 0.25) is 0 Å². The molecule has 1 unspecified atom stereocenters. The molecular weight excluding hydrogens is 536 g/mol. The van der Waals surface area contributed by atoms with E-state index in [-0.39, 0.29) is 61.9 Å². The van der Waals surface area contributed by atoms with Crippen LogP contribution in [0.15, 0.2) is 11.1 Å². The zero-order valence-electron chi connectivity index (χ0n) is 17.5. The summed E-state index contributed by atoms with van der Waals surface area (Å²) in [7, 11) is -3.64. The Morgan fingerprint density at radius 2 is 1.93 bits per heavy atom. The van der Waals surface area contributed by atoms with Gasteiger partial charge in [0.15, 0.2) is 5.96 Å². The van der Waals surface area contributed by atoms with E-state index in [0.29, 0.717) is 16.8 Å². The normalized spacial score (nSPS) is 18.0. The van der Waals surface area contributed by atoms with Crippen molar-refractivity contribution < 1.29 is 21.6 Å². The van der Waals surface area contributed by atoms with Crippen LogP contribution >= 0.6 is 24.0 Å². The fraction of sp³-hybridized carbons (Fsp3) is 0.765. The molecule has 1 aromatic rings. The van der Waals surface area contributed by atoms with E-state index in [9.17, 15) is 21.6 Å². The van der Waals surface area contributed by atoms with Gasteiger partial charge in [0, 0.05) is 45.0 Å². The first-order valence-corrected chi connectivity index (χ1v) is 10.9. The van der Waals surface area contributed by atoms with Crippen molar-refractivity contribution >= 4 is 40.0 Å². The Labute approximate surface area is 192 Å². The van der Waals surface area contributed by atoms with E-state index in [4.69, 9.17) is 0 Å². The Hall–Kier alpha value is -1.09. The summed E-state index contributed by atoms with van der Waals surface area (Å²) in [5.41, 5.74) is -3.19. The number of nitrogens with one attached hydrogen (secondary N) is 2. The van der Waals surface area contributed by atoms with Gasteiger partial charge in [0.2, 0.25) is 0 Å². The van der Waals surface area contributed by atoms with Gasteiger partial charge >= 0.3 is 15.5 Å². The van der Waals surface area contributed by atoms with Gasteiger partial charge in [-0.1, -0.05) is 6.92 Å². The van der Waals surface area contributed by atoms with Crippen LogP contribution in [-0.2, 0) is 16.6 Å². The smallest absolute Gasteiger partial charge is 0.356 e. The first-order chi connectivity index (χ1) is 13.4. The van der Waals surface area contributed by atoms with Crippen molar-refractivity contribution in [3.8, 4) is 0 Å². The van der Waals surface area contributed by atoms with Gasteiger partial charge in [0.05, 0.1) is 5.69 Å². The molecule has 0 bridgehead atoms. The molecule has 1 aliphatic rings. The number of halogens is 4. The zero-order valence-corrected chi connectivity index (χ0v) is 20.7. The summed E-state index contributed by atoms with van der Waals surface area (Å²) in [6.07, 6.45) is 0.550. The molecule has 0 aliphatic carbocycles. The molecule has 174 valence electrons. The highest BCUT2D eigenvalue weighted by molar-refractivity contribution is 14.0. The van der Waals surface area contributed by atoms with Crippen LogP contribution in [0.25, 0.3) is 0 Å². The zero-order chi connectivity index (χ0) is 21.8. The molecule has 0 saturated carbocycles. The Morgan fingerprint density at radius 1 is 1.33 bits per heavy atom. The van der Waals surface area contributed by atoms with E-state index >= 15 is 0 Å². The molecule has 30 heavy (non-hydrogen) atoms. The maximum Gasteiger partial charge on any atom is 0.511 e. The van der Waals surface area contributed by atoms with Crippen LogP contribution in [0.5, 0.6) is 0 Å². The second kappa shape index (κ2) is 11.0. The molecule has 2 rings (SSSR count). The Balaban J connectivity index is 0.00000450. The number of nitrogens with zero attached hydrogens (tertiary/aromatic N) is 4. The Morgan fingerprint density at radius 3 is 2.40 bits per heavy atom. The largest absolute Gasteiger partial charge is 0.511 e. The van der Waals surface area contributed by atoms with Gasteiger partial charge in [-0.05, 0) is 38.7 Å². The van der Waals surface area contributed by atoms with Crippen LogP contribution in [0.1, 0.15) is 31.2 Å². The molecule has 0 aromatic carbocycles. The molecule has 13 heteroatoms. The van der Waals surface area contributed by atoms with E-state index in [2.05, 4.69) is 27.6 Å². The highest BCUT2D eigenvalue weighted by Gasteiger charge is 2.50. The maximum atomic E-state index is 12.7. The Bertz CT molecular complexity index is 820. The number of aliphatic imine (C=N–C) groups is 1. The average Bonchev–Trinajstić information content (AvgIpc) is 2.95. The molecule has 1 aromatic heterocycles. The van der Waals surface area contributed by atoms with Crippen molar-refractivity contribution in [1.82, 2.24) is 24.7 Å². The van der Waals surface area contributed by atoms with E-state index < -0.39 is 15.5 Å². The molecule has 0 radical (unpaired) electrons. The number of aryl methyl sites for hydroxylation is 2. The Kier molecular flexibility index (Phi) is 9.86. The minimum atomic E-state index is -5.26. The summed E-state index contributed by atoms with van der Waals surface area (Å²) in [5.74, 6) is 0.813. The van der Waals surface area contributed by atoms with Gasteiger partial charge in [-0.25, -0.2) is 8.42 Å². The van der Waals surface area contributed by atoms with E-state index in [1.54, 1.807) is 7.05 Å². The highest BCUT2D eigenvalue weighted by Crippen LogP contribution is 2.28. The van der Waals surface area contributed by atoms with Crippen molar-refractivity contribution in [1.29, 1.82) is 0 Å². The van der Waals surface area contributed by atoms with E-state index in [0.717, 1.165) is 17.9 Å². The molecule has 1 saturated heterocycles. The van der Waals surface area contributed by atoms with Crippen LogP contribution in [-0.4, -0.2) is 66.7 Å².